The van der Waals surface area contributed by atoms with E-state index in [0.717, 1.165) is 31.6 Å². The van der Waals surface area contributed by atoms with Crippen LogP contribution in [-0.4, -0.2) is 47.6 Å². The Morgan fingerprint density at radius 3 is 2.57 bits per heavy atom. The van der Waals surface area contributed by atoms with Crippen LogP contribution in [0.1, 0.15) is 30.1 Å². The minimum atomic E-state index is -0.409. The third-order valence-corrected chi connectivity index (χ3v) is 4.98. The van der Waals surface area contributed by atoms with Gasteiger partial charge in [0.15, 0.2) is 11.6 Å². The normalized spacial score (nSPS) is 20.4. The molecule has 4 rings (SSSR count). The Kier molecular flexibility index (Phi) is 6.31. The highest BCUT2D eigenvalue weighted by atomic mass is 35.5. The van der Waals surface area contributed by atoms with Gasteiger partial charge in [-0.1, -0.05) is 0 Å². The average Bonchev–Trinajstić information content (AvgIpc) is 3.02. The molecule has 0 radical (unpaired) electrons. The van der Waals surface area contributed by atoms with Crippen molar-refractivity contribution in [3.05, 3.63) is 41.8 Å². The second kappa shape index (κ2) is 8.70. The molecule has 1 aromatic carbocycles. The molecular weight excluding hydrogens is 383 g/mol. The van der Waals surface area contributed by atoms with Crippen molar-refractivity contribution in [1.29, 1.82) is 0 Å². The smallest absolute Gasteiger partial charge is 0.251 e. The lowest BCUT2D eigenvalue weighted by Crippen LogP contribution is -2.51. The van der Waals surface area contributed by atoms with Crippen LogP contribution in [0.15, 0.2) is 30.5 Å². The fraction of sp³-hybridized carbons (Fsp3) is 0.421. The van der Waals surface area contributed by atoms with E-state index < -0.39 is 5.82 Å². The monoisotopic (exact) mass is 406 g/mol. The summed E-state index contributed by atoms with van der Waals surface area (Å²) in [7, 11) is 0. The van der Waals surface area contributed by atoms with Crippen LogP contribution in [0.25, 0.3) is 0 Å². The zero-order valence-corrected chi connectivity index (χ0v) is 16.4. The zero-order chi connectivity index (χ0) is 18.8. The summed E-state index contributed by atoms with van der Waals surface area (Å²) in [6.45, 7) is 3.97. The molecule has 9 heteroatoms. The van der Waals surface area contributed by atoms with E-state index in [0.29, 0.717) is 36.0 Å². The number of nitrogens with zero attached hydrogens (tertiary/aromatic N) is 3. The molecule has 2 aromatic rings. The van der Waals surface area contributed by atoms with E-state index in [1.54, 1.807) is 24.3 Å². The molecule has 0 unspecified atom stereocenters. The van der Waals surface area contributed by atoms with Gasteiger partial charge in [0, 0.05) is 43.0 Å². The van der Waals surface area contributed by atoms with Gasteiger partial charge >= 0.3 is 0 Å². The van der Waals surface area contributed by atoms with Gasteiger partial charge in [0.1, 0.15) is 0 Å². The van der Waals surface area contributed by atoms with Crippen molar-refractivity contribution in [1.82, 2.24) is 20.6 Å². The number of carbonyl (C=O) groups excluding carboxylic acids is 1. The molecule has 2 aliphatic rings. The molecule has 2 fully saturated rings. The molecule has 3 heterocycles. The van der Waals surface area contributed by atoms with E-state index >= 15 is 0 Å². The first-order valence-corrected chi connectivity index (χ1v) is 9.31. The summed E-state index contributed by atoms with van der Waals surface area (Å²) in [4.78, 5) is 22.3. The van der Waals surface area contributed by atoms with E-state index in [-0.39, 0.29) is 18.3 Å². The van der Waals surface area contributed by atoms with Crippen molar-refractivity contribution in [2.24, 2.45) is 0 Å². The molecule has 2 saturated heterocycles. The Bertz CT molecular complexity index is 822. The van der Waals surface area contributed by atoms with Gasteiger partial charge in [0.25, 0.3) is 5.91 Å². The molecule has 0 saturated carbocycles. The van der Waals surface area contributed by atoms with Crippen LogP contribution in [0.5, 0.6) is 0 Å². The van der Waals surface area contributed by atoms with Crippen LogP contribution in [0.3, 0.4) is 0 Å². The number of amides is 1. The van der Waals surface area contributed by atoms with E-state index in [1.165, 1.54) is 6.20 Å². The average molecular weight is 407 g/mol. The number of fused-ring (bicyclic) bond motifs is 2. The third-order valence-electron chi connectivity index (χ3n) is 4.98. The minimum Gasteiger partial charge on any atom is -0.352 e. The maximum absolute atomic E-state index is 14.3. The second-order valence-corrected chi connectivity index (χ2v) is 6.97. The summed E-state index contributed by atoms with van der Waals surface area (Å²) in [6, 6.07) is 7.81. The first-order chi connectivity index (χ1) is 13.1. The minimum absolute atomic E-state index is 0. The molecule has 28 heavy (non-hydrogen) atoms. The SMILES string of the molecule is CCNC(=O)c1ccc(Nc2ncc(F)c(N3C[C@H]4CC[C@@H](C3)N4)n2)cc1.Cl. The van der Waals surface area contributed by atoms with Crippen molar-refractivity contribution >= 4 is 35.8 Å². The number of rotatable bonds is 5. The highest BCUT2D eigenvalue weighted by molar-refractivity contribution is 5.94. The molecule has 150 valence electrons. The van der Waals surface area contributed by atoms with Gasteiger partial charge in [0.2, 0.25) is 5.95 Å². The topological polar surface area (TPSA) is 82.2 Å². The number of piperazine rings is 1. The van der Waals surface area contributed by atoms with Crippen LogP contribution in [0.4, 0.5) is 21.8 Å². The molecule has 2 aliphatic heterocycles. The maximum atomic E-state index is 14.3. The Balaban J connectivity index is 0.00000225. The first kappa shape index (κ1) is 20.3. The van der Waals surface area contributed by atoms with Gasteiger partial charge in [-0.2, -0.15) is 4.98 Å². The Morgan fingerprint density at radius 2 is 1.93 bits per heavy atom. The molecule has 0 aliphatic carbocycles. The summed E-state index contributed by atoms with van der Waals surface area (Å²) in [5.74, 6) is 0.152. The molecule has 7 nitrogen and oxygen atoms in total. The lowest BCUT2D eigenvalue weighted by Gasteiger charge is -2.33. The number of hydrogen-bond acceptors (Lipinski definition) is 6. The van der Waals surface area contributed by atoms with Gasteiger partial charge in [0.05, 0.1) is 6.20 Å². The van der Waals surface area contributed by atoms with Gasteiger partial charge in [-0.15, -0.1) is 12.4 Å². The second-order valence-electron chi connectivity index (χ2n) is 6.97. The summed E-state index contributed by atoms with van der Waals surface area (Å²) in [5.41, 5.74) is 1.32. The van der Waals surface area contributed by atoms with E-state index in [2.05, 4.69) is 25.9 Å². The van der Waals surface area contributed by atoms with Gasteiger partial charge in [-0.3, -0.25) is 4.79 Å². The van der Waals surface area contributed by atoms with Crippen LogP contribution >= 0.6 is 12.4 Å². The number of aromatic nitrogens is 2. The van der Waals surface area contributed by atoms with Crippen molar-refractivity contribution in [3.63, 3.8) is 0 Å². The number of benzene rings is 1. The lowest BCUT2D eigenvalue weighted by molar-refractivity contribution is 0.0956. The fourth-order valence-electron chi connectivity index (χ4n) is 3.71. The van der Waals surface area contributed by atoms with E-state index in [9.17, 15) is 9.18 Å². The Labute approximate surface area is 169 Å². The van der Waals surface area contributed by atoms with Crippen LogP contribution in [0, 0.1) is 5.82 Å². The van der Waals surface area contributed by atoms with Crippen molar-refractivity contribution in [2.75, 3.05) is 29.9 Å². The summed E-state index contributed by atoms with van der Waals surface area (Å²) in [5, 5.41) is 9.37. The Hall–Kier alpha value is -2.45. The molecular formula is C19H24ClFN6O. The Morgan fingerprint density at radius 1 is 1.25 bits per heavy atom. The zero-order valence-electron chi connectivity index (χ0n) is 15.6. The highest BCUT2D eigenvalue weighted by Crippen LogP contribution is 2.26. The molecule has 3 N–H and O–H groups in total. The largest absolute Gasteiger partial charge is 0.352 e. The van der Waals surface area contributed by atoms with Crippen LogP contribution in [-0.2, 0) is 0 Å². The fourth-order valence-corrected chi connectivity index (χ4v) is 3.71. The number of nitrogens with one attached hydrogen (secondary N) is 3. The molecule has 2 atom stereocenters. The standard InChI is InChI=1S/C19H23FN6O.ClH/c1-2-21-18(27)12-3-5-13(6-4-12)24-19-22-9-16(20)17(25-19)26-10-14-7-8-15(11-26)23-14;/h3-6,9,14-15,23H,2,7-8,10-11H2,1H3,(H,21,27)(H,22,24,25);1H/t14-,15+;. The van der Waals surface area contributed by atoms with Gasteiger partial charge in [-0.25, -0.2) is 9.37 Å². The predicted octanol–water partition coefficient (Wildman–Crippen LogP) is 2.47. The molecule has 2 bridgehead atoms. The summed E-state index contributed by atoms with van der Waals surface area (Å²) >= 11 is 0. The van der Waals surface area contributed by atoms with Crippen molar-refractivity contribution in [3.8, 4) is 0 Å². The third kappa shape index (κ3) is 4.34. The van der Waals surface area contributed by atoms with Crippen LogP contribution in [0.2, 0.25) is 0 Å². The predicted molar refractivity (Wildman–Crippen MR) is 109 cm³/mol. The quantitative estimate of drug-likeness (QED) is 0.707. The molecule has 1 aromatic heterocycles. The molecule has 1 amide bonds. The van der Waals surface area contributed by atoms with Gasteiger partial charge < -0.3 is 20.9 Å². The number of hydrogen-bond donors (Lipinski definition) is 3. The maximum Gasteiger partial charge on any atom is 0.251 e. The van der Waals surface area contributed by atoms with Crippen molar-refractivity contribution < 1.29 is 9.18 Å². The summed E-state index contributed by atoms with van der Waals surface area (Å²) in [6.07, 6.45) is 3.45. The van der Waals surface area contributed by atoms with Gasteiger partial charge in [-0.05, 0) is 44.0 Å². The highest BCUT2D eigenvalue weighted by Gasteiger charge is 2.33. The number of carbonyl (C=O) groups is 1. The van der Waals surface area contributed by atoms with E-state index in [4.69, 9.17) is 0 Å². The van der Waals surface area contributed by atoms with E-state index in [1.807, 2.05) is 11.8 Å². The van der Waals surface area contributed by atoms with Crippen molar-refractivity contribution in [2.45, 2.75) is 31.8 Å². The van der Waals surface area contributed by atoms with Crippen LogP contribution < -0.4 is 20.9 Å². The lowest BCUT2D eigenvalue weighted by atomic mass is 10.2. The number of anilines is 3. The molecule has 0 spiro atoms. The summed E-state index contributed by atoms with van der Waals surface area (Å²) < 4.78 is 14.3. The first-order valence-electron chi connectivity index (χ1n) is 9.31. The number of halogens is 2.